The van der Waals surface area contributed by atoms with Gasteiger partial charge in [0.15, 0.2) is 0 Å². The number of carboxylic acid groups (broad SMARTS) is 1. The molecule has 12 heavy (non-hydrogen) atoms. The Balaban J connectivity index is 2.70. The summed E-state index contributed by atoms with van der Waals surface area (Å²) < 4.78 is 0. The maximum absolute atomic E-state index is 10.4. The molecule has 0 bridgehead atoms. The van der Waals surface area contributed by atoms with Crippen molar-refractivity contribution in [2.45, 2.75) is 0 Å². The van der Waals surface area contributed by atoms with E-state index in [4.69, 9.17) is 0 Å². The largest absolute Gasteiger partial charge is 0.543 e. The van der Waals surface area contributed by atoms with E-state index in [2.05, 4.69) is 4.98 Å². The molecule has 2 rings (SSSR count). The molecule has 0 unspecified atom stereocenters. The van der Waals surface area contributed by atoms with Gasteiger partial charge in [-0.15, -0.1) is 0 Å². The van der Waals surface area contributed by atoms with Crippen LogP contribution in [0.15, 0.2) is 30.3 Å². The van der Waals surface area contributed by atoms with Crippen LogP contribution in [0.3, 0.4) is 0 Å². The fraction of sp³-hybridized carbons (Fsp3) is 0. The van der Waals surface area contributed by atoms with E-state index < -0.39 is 5.97 Å². The Hall–Kier alpha value is -1.77. The molecule has 0 aliphatic heterocycles. The van der Waals surface area contributed by atoms with Gasteiger partial charge in [-0.25, -0.2) is 0 Å². The Morgan fingerprint density at radius 3 is 2.75 bits per heavy atom. The van der Waals surface area contributed by atoms with Gasteiger partial charge in [-0.1, -0.05) is 18.2 Å². The van der Waals surface area contributed by atoms with Crippen molar-refractivity contribution in [2.75, 3.05) is 0 Å². The quantitative estimate of drug-likeness (QED) is 0.661. The lowest BCUT2D eigenvalue weighted by Crippen LogP contribution is -2.22. The first-order valence-corrected chi connectivity index (χ1v) is 3.56. The molecule has 0 saturated carbocycles. The molecule has 0 amide bonds. The van der Waals surface area contributed by atoms with Crippen molar-refractivity contribution in [1.29, 1.82) is 0 Å². The highest BCUT2D eigenvalue weighted by atomic mass is 16.4. The van der Waals surface area contributed by atoms with Crippen molar-refractivity contribution in [2.24, 2.45) is 0 Å². The monoisotopic (exact) mass is 160 g/mol. The number of benzene rings is 1. The van der Waals surface area contributed by atoms with Gasteiger partial charge < -0.3 is 14.9 Å². The first-order chi connectivity index (χ1) is 5.77. The minimum absolute atomic E-state index is 0.121. The minimum atomic E-state index is -1.17. The third-order valence-electron chi connectivity index (χ3n) is 1.75. The Morgan fingerprint density at radius 1 is 1.33 bits per heavy atom. The summed E-state index contributed by atoms with van der Waals surface area (Å²) in [5.41, 5.74) is 0.938. The maximum atomic E-state index is 10.4. The fourth-order valence-corrected chi connectivity index (χ4v) is 1.18. The van der Waals surface area contributed by atoms with Crippen molar-refractivity contribution in [3.63, 3.8) is 0 Å². The summed E-state index contributed by atoms with van der Waals surface area (Å²) in [6.07, 6.45) is 0. The molecule has 0 atom stereocenters. The lowest BCUT2D eigenvalue weighted by atomic mass is 10.2. The Bertz CT molecular complexity index is 398. The summed E-state index contributed by atoms with van der Waals surface area (Å²) in [7, 11) is 0. The van der Waals surface area contributed by atoms with E-state index >= 15 is 0 Å². The molecule has 1 N–H and O–H groups in total. The molecule has 0 spiro atoms. The highest BCUT2D eigenvalue weighted by molar-refractivity contribution is 5.92. The van der Waals surface area contributed by atoms with Crippen LogP contribution in [0.25, 0.3) is 10.9 Å². The SMILES string of the molecule is O=C([O-])c1cc2ccccc2[nH]1. The molecule has 2 aromatic rings. The molecule has 0 aliphatic carbocycles. The molecule has 3 nitrogen and oxygen atoms in total. The van der Waals surface area contributed by atoms with Gasteiger partial charge in [0.1, 0.15) is 0 Å². The van der Waals surface area contributed by atoms with Crippen molar-refractivity contribution < 1.29 is 9.90 Å². The number of para-hydroxylation sites is 1. The zero-order valence-corrected chi connectivity index (χ0v) is 6.20. The van der Waals surface area contributed by atoms with E-state index in [1.807, 2.05) is 24.3 Å². The van der Waals surface area contributed by atoms with Crippen LogP contribution in [0.2, 0.25) is 0 Å². The molecule has 0 saturated heterocycles. The number of carbonyl (C=O) groups is 1. The number of carbonyl (C=O) groups excluding carboxylic acids is 1. The van der Waals surface area contributed by atoms with Gasteiger partial charge in [-0.3, -0.25) is 0 Å². The zero-order chi connectivity index (χ0) is 8.55. The number of H-pyrrole nitrogens is 1. The lowest BCUT2D eigenvalue weighted by molar-refractivity contribution is -0.255. The number of hydrogen-bond donors (Lipinski definition) is 1. The molecule has 1 aromatic carbocycles. The molecule has 0 aliphatic rings. The molecule has 0 radical (unpaired) electrons. The van der Waals surface area contributed by atoms with Gasteiger partial charge in [0.2, 0.25) is 0 Å². The second kappa shape index (κ2) is 2.37. The molecule has 3 heteroatoms. The van der Waals surface area contributed by atoms with Crippen molar-refractivity contribution in [1.82, 2.24) is 4.98 Å². The average Bonchev–Trinajstić information content (AvgIpc) is 2.46. The van der Waals surface area contributed by atoms with E-state index in [-0.39, 0.29) is 5.69 Å². The lowest BCUT2D eigenvalue weighted by Gasteiger charge is -1.93. The summed E-state index contributed by atoms with van der Waals surface area (Å²) in [6, 6.07) is 8.93. The van der Waals surface area contributed by atoms with Crippen LogP contribution in [-0.4, -0.2) is 11.0 Å². The van der Waals surface area contributed by atoms with Gasteiger partial charge in [0, 0.05) is 10.9 Å². The number of hydrogen-bond acceptors (Lipinski definition) is 2. The molecule has 0 fully saturated rings. The van der Waals surface area contributed by atoms with Crippen LogP contribution in [0, 0.1) is 0 Å². The van der Waals surface area contributed by atoms with E-state index in [0.717, 1.165) is 10.9 Å². The summed E-state index contributed by atoms with van der Waals surface area (Å²) in [4.78, 5) is 13.2. The number of fused-ring (bicyclic) bond motifs is 1. The van der Waals surface area contributed by atoms with Crippen LogP contribution < -0.4 is 5.11 Å². The predicted molar refractivity (Wildman–Crippen MR) is 42.6 cm³/mol. The van der Waals surface area contributed by atoms with Gasteiger partial charge in [0.25, 0.3) is 0 Å². The van der Waals surface area contributed by atoms with Crippen LogP contribution >= 0.6 is 0 Å². The summed E-state index contributed by atoms with van der Waals surface area (Å²) in [6.45, 7) is 0. The van der Waals surface area contributed by atoms with E-state index in [1.54, 1.807) is 6.07 Å². The van der Waals surface area contributed by atoms with Gasteiger partial charge in [-0.05, 0) is 12.1 Å². The number of aromatic nitrogens is 1. The minimum Gasteiger partial charge on any atom is -0.543 e. The van der Waals surface area contributed by atoms with Crippen LogP contribution in [0.4, 0.5) is 0 Å². The number of nitrogens with one attached hydrogen (secondary N) is 1. The van der Waals surface area contributed by atoms with E-state index in [1.165, 1.54) is 0 Å². The molecular weight excluding hydrogens is 154 g/mol. The first-order valence-electron chi connectivity index (χ1n) is 3.56. The van der Waals surface area contributed by atoms with Crippen molar-refractivity contribution in [3.8, 4) is 0 Å². The highest BCUT2D eigenvalue weighted by Crippen LogP contribution is 2.13. The van der Waals surface area contributed by atoms with E-state index in [0.29, 0.717) is 0 Å². The topological polar surface area (TPSA) is 55.9 Å². The second-order valence-corrected chi connectivity index (χ2v) is 2.56. The number of carboxylic acids is 1. The molecule has 1 heterocycles. The van der Waals surface area contributed by atoms with Gasteiger partial charge in [0.05, 0.1) is 11.7 Å². The molecular formula is C9H6NO2-. The smallest absolute Gasteiger partial charge is 0.0878 e. The third-order valence-corrected chi connectivity index (χ3v) is 1.75. The number of aromatic amines is 1. The maximum Gasteiger partial charge on any atom is 0.0878 e. The summed E-state index contributed by atoms with van der Waals surface area (Å²) >= 11 is 0. The Kier molecular flexibility index (Phi) is 1.37. The Labute approximate surface area is 68.6 Å². The fourth-order valence-electron chi connectivity index (χ4n) is 1.18. The first kappa shape index (κ1) is 6.91. The predicted octanol–water partition coefficient (Wildman–Crippen LogP) is 0.531. The standard InChI is InChI=1S/C9H7NO2/c11-9(12)8-5-6-3-1-2-4-7(6)10-8/h1-5,10H,(H,11,12)/p-1. The highest BCUT2D eigenvalue weighted by Gasteiger charge is 1.98. The van der Waals surface area contributed by atoms with Crippen LogP contribution in [-0.2, 0) is 0 Å². The Morgan fingerprint density at radius 2 is 2.08 bits per heavy atom. The average molecular weight is 160 g/mol. The molecule has 1 aromatic heterocycles. The van der Waals surface area contributed by atoms with Crippen molar-refractivity contribution in [3.05, 3.63) is 36.0 Å². The van der Waals surface area contributed by atoms with Crippen LogP contribution in [0.1, 0.15) is 10.5 Å². The van der Waals surface area contributed by atoms with Crippen molar-refractivity contribution >= 4 is 16.9 Å². The third kappa shape index (κ3) is 0.955. The zero-order valence-electron chi connectivity index (χ0n) is 6.20. The number of aromatic carboxylic acids is 1. The second-order valence-electron chi connectivity index (χ2n) is 2.56. The normalized spacial score (nSPS) is 10.3. The van der Waals surface area contributed by atoms with Crippen LogP contribution in [0.5, 0.6) is 0 Å². The molecule has 60 valence electrons. The summed E-state index contributed by atoms with van der Waals surface area (Å²) in [5, 5.41) is 11.3. The van der Waals surface area contributed by atoms with E-state index in [9.17, 15) is 9.90 Å². The van der Waals surface area contributed by atoms with Gasteiger partial charge >= 0.3 is 0 Å². The number of rotatable bonds is 1. The summed E-state index contributed by atoms with van der Waals surface area (Å²) in [5.74, 6) is -1.17. The van der Waals surface area contributed by atoms with Gasteiger partial charge in [-0.2, -0.15) is 0 Å².